The first kappa shape index (κ1) is 14.4. The minimum absolute atomic E-state index is 0.0572. The Labute approximate surface area is 102 Å². The van der Waals surface area contributed by atoms with Crippen LogP contribution in [0.5, 0.6) is 0 Å². The molecule has 1 aliphatic rings. The normalized spacial score (nSPS) is 28.8. The maximum absolute atomic E-state index is 11.5. The van der Waals surface area contributed by atoms with Gasteiger partial charge in [0.15, 0.2) is 11.9 Å². The molecule has 3 atom stereocenters. The average molecular weight is 246 g/mol. The number of carbonyl (C=O) groups is 1. The molecule has 0 aromatic rings. The molecule has 0 bridgehead atoms. The van der Waals surface area contributed by atoms with Crippen molar-refractivity contribution in [2.45, 2.75) is 51.6 Å². The van der Waals surface area contributed by atoms with Crippen molar-refractivity contribution in [3.63, 3.8) is 0 Å². The van der Waals surface area contributed by atoms with Gasteiger partial charge in [-0.15, -0.1) is 0 Å². The fourth-order valence-corrected chi connectivity index (χ4v) is 2.04. The van der Waals surface area contributed by atoms with Gasteiger partial charge in [-0.2, -0.15) is 0 Å². The lowest BCUT2D eigenvalue weighted by molar-refractivity contribution is -0.213. The van der Waals surface area contributed by atoms with Crippen LogP contribution in [-0.4, -0.2) is 42.8 Å². The first-order chi connectivity index (χ1) is 7.87. The van der Waals surface area contributed by atoms with Gasteiger partial charge in [-0.1, -0.05) is 0 Å². The van der Waals surface area contributed by atoms with Gasteiger partial charge >= 0.3 is 5.97 Å². The number of aliphatic hydroxyl groups is 1. The number of rotatable bonds is 4. The van der Waals surface area contributed by atoms with Gasteiger partial charge in [-0.05, 0) is 27.2 Å². The first-order valence-electron chi connectivity index (χ1n) is 5.95. The topological polar surface area (TPSA) is 65.0 Å². The predicted molar refractivity (Wildman–Crippen MR) is 61.3 cm³/mol. The van der Waals surface area contributed by atoms with Crippen LogP contribution in [0, 0.1) is 5.92 Å². The van der Waals surface area contributed by atoms with Gasteiger partial charge in [0.05, 0.1) is 19.8 Å². The summed E-state index contributed by atoms with van der Waals surface area (Å²) in [4.78, 5) is 11.5. The molecule has 1 aliphatic heterocycles. The first-order valence-corrected chi connectivity index (χ1v) is 5.95. The summed E-state index contributed by atoms with van der Waals surface area (Å²) in [5.41, 5.74) is -1.48. The smallest absolute Gasteiger partial charge is 0.337 e. The molecule has 3 unspecified atom stereocenters. The molecule has 5 nitrogen and oxygen atoms in total. The van der Waals surface area contributed by atoms with Crippen molar-refractivity contribution in [2.75, 3.05) is 13.7 Å². The molecular weight excluding hydrogens is 224 g/mol. The number of esters is 1. The van der Waals surface area contributed by atoms with Crippen molar-refractivity contribution in [1.29, 1.82) is 0 Å². The summed E-state index contributed by atoms with van der Waals surface area (Å²) in [6, 6.07) is 0. The van der Waals surface area contributed by atoms with Crippen LogP contribution in [-0.2, 0) is 19.0 Å². The second-order valence-corrected chi connectivity index (χ2v) is 4.85. The summed E-state index contributed by atoms with van der Waals surface area (Å²) in [5, 5.41) is 10.2. The molecule has 0 aromatic carbocycles. The lowest BCUT2D eigenvalue weighted by Gasteiger charge is -2.37. The quantitative estimate of drug-likeness (QED) is 0.752. The average Bonchev–Trinajstić information content (AvgIpc) is 2.27. The highest BCUT2D eigenvalue weighted by atomic mass is 16.7. The minimum Gasteiger partial charge on any atom is -0.467 e. The fourth-order valence-electron chi connectivity index (χ4n) is 2.04. The summed E-state index contributed by atoms with van der Waals surface area (Å²) in [6.07, 6.45) is 0.826. The summed E-state index contributed by atoms with van der Waals surface area (Å²) in [7, 11) is 1.28. The Bertz CT molecular complexity index is 262. The van der Waals surface area contributed by atoms with E-state index in [2.05, 4.69) is 4.74 Å². The van der Waals surface area contributed by atoms with Gasteiger partial charge in [0.2, 0.25) is 0 Å². The Morgan fingerprint density at radius 2 is 2.18 bits per heavy atom. The van der Waals surface area contributed by atoms with Crippen molar-refractivity contribution in [1.82, 2.24) is 0 Å². The van der Waals surface area contributed by atoms with Crippen LogP contribution in [0.4, 0.5) is 0 Å². The van der Waals surface area contributed by atoms with E-state index in [9.17, 15) is 9.90 Å². The Balaban J connectivity index is 2.62. The summed E-state index contributed by atoms with van der Waals surface area (Å²) >= 11 is 0. The maximum Gasteiger partial charge on any atom is 0.337 e. The number of hydrogen-bond donors (Lipinski definition) is 1. The molecule has 1 fully saturated rings. The van der Waals surface area contributed by atoms with E-state index in [0.717, 1.165) is 0 Å². The van der Waals surface area contributed by atoms with E-state index in [1.165, 1.54) is 14.0 Å². The second kappa shape index (κ2) is 5.80. The van der Waals surface area contributed by atoms with Gasteiger partial charge in [0, 0.05) is 12.3 Å². The molecule has 1 saturated heterocycles. The number of carbonyl (C=O) groups excluding carboxylic acids is 1. The van der Waals surface area contributed by atoms with Gasteiger partial charge < -0.3 is 19.3 Å². The zero-order valence-electron chi connectivity index (χ0n) is 10.9. The Morgan fingerprint density at radius 3 is 2.71 bits per heavy atom. The number of methoxy groups -OCH3 is 1. The lowest BCUT2D eigenvalue weighted by Crippen LogP contribution is -2.48. The largest absolute Gasteiger partial charge is 0.467 e. The summed E-state index contributed by atoms with van der Waals surface area (Å²) in [6.45, 7) is 5.81. The van der Waals surface area contributed by atoms with E-state index in [0.29, 0.717) is 19.4 Å². The predicted octanol–water partition coefficient (Wildman–Crippen LogP) is 1.09. The van der Waals surface area contributed by atoms with Crippen LogP contribution in [0.25, 0.3) is 0 Å². The molecule has 1 rings (SSSR count). The monoisotopic (exact) mass is 246 g/mol. The Hall–Kier alpha value is -0.650. The second-order valence-electron chi connectivity index (χ2n) is 4.85. The molecule has 0 aliphatic carbocycles. The molecule has 17 heavy (non-hydrogen) atoms. The molecule has 1 heterocycles. The lowest BCUT2D eigenvalue weighted by atomic mass is 9.83. The fraction of sp³-hybridized carbons (Fsp3) is 0.917. The molecule has 1 N–H and O–H groups in total. The molecule has 0 amide bonds. The Morgan fingerprint density at radius 1 is 1.53 bits per heavy atom. The highest BCUT2D eigenvalue weighted by Crippen LogP contribution is 2.31. The molecule has 5 heteroatoms. The van der Waals surface area contributed by atoms with Gasteiger partial charge in [0.1, 0.15) is 0 Å². The summed E-state index contributed by atoms with van der Waals surface area (Å²) < 4.78 is 15.6. The third-order valence-corrected chi connectivity index (χ3v) is 3.06. The van der Waals surface area contributed by atoms with Crippen molar-refractivity contribution in [3.8, 4) is 0 Å². The highest BCUT2D eigenvalue weighted by Gasteiger charge is 2.43. The van der Waals surface area contributed by atoms with Crippen LogP contribution in [0.2, 0.25) is 0 Å². The third kappa shape index (κ3) is 3.66. The van der Waals surface area contributed by atoms with E-state index in [1.807, 2.05) is 13.8 Å². The SMILES string of the molecule is COC(=O)C(C)(O)C1CCOC(OC(C)C)C1. The zero-order valence-corrected chi connectivity index (χ0v) is 10.9. The van der Waals surface area contributed by atoms with E-state index in [4.69, 9.17) is 9.47 Å². The molecule has 100 valence electrons. The maximum atomic E-state index is 11.5. The molecule has 0 radical (unpaired) electrons. The number of hydrogen-bond acceptors (Lipinski definition) is 5. The van der Waals surface area contributed by atoms with Gasteiger partial charge in [-0.3, -0.25) is 0 Å². The van der Waals surface area contributed by atoms with Crippen LogP contribution < -0.4 is 0 Å². The molecule has 0 saturated carbocycles. The van der Waals surface area contributed by atoms with Crippen LogP contribution in [0.1, 0.15) is 33.6 Å². The van der Waals surface area contributed by atoms with Crippen LogP contribution in [0.3, 0.4) is 0 Å². The van der Waals surface area contributed by atoms with Gasteiger partial charge in [-0.25, -0.2) is 4.79 Å². The zero-order chi connectivity index (χ0) is 13.1. The van der Waals surface area contributed by atoms with E-state index in [-0.39, 0.29) is 18.3 Å². The van der Waals surface area contributed by atoms with Gasteiger partial charge in [0.25, 0.3) is 0 Å². The molecule has 0 spiro atoms. The number of ether oxygens (including phenoxy) is 3. The van der Waals surface area contributed by atoms with Crippen molar-refractivity contribution in [2.24, 2.45) is 5.92 Å². The highest BCUT2D eigenvalue weighted by molar-refractivity contribution is 5.79. The van der Waals surface area contributed by atoms with E-state index < -0.39 is 11.6 Å². The standard InChI is InChI=1S/C12H22O5/c1-8(2)17-10-7-9(5-6-16-10)12(3,14)11(13)15-4/h8-10,14H,5-7H2,1-4H3. The minimum atomic E-state index is -1.48. The van der Waals surface area contributed by atoms with Crippen LogP contribution >= 0.6 is 0 Å². The van der Waals surface area contributed by atoms with Crippen molar-refractivity contribution < 1.29 is 24.1 Å². The van der Waals surface area contributed by atoms with Crippen LogP contribution in [0.15, 0.2) is 0 Å². The Kier molecular flexibility index (Phi) is 4.91. The van der Waals surface area contributed by atoms with E-state index >= 15 is 0 Å². The van der Waals surface area contributed by atoms with E-state index in [1.54, 1.807) is 0 Å². The van der Waals surface area contributed by atoms with Crippen molar-refractivity contribution in [3.05, 3.63) is 0 Å². The van der Waals surface area contributed by atoms with Crippen molar-refractivity contribution >= 4 is 5.97 Å². The molecule has 0 aromatic heterocycles. The molecular formula is C12H22O5. The summed E-state index contributed by atoms with van der Waals surface area (Å²) in [5.74, 6) is -0.805. The third-order valence-electron chi connectivity index (χ3n) is 3.06.